The third-order valence-electron chi connectivity index (χ3n) is 4.51. The van der Waals surface area contributed by atoms with E-state index in [1.165, 1.54) is 6.07 Å². The first-order valence-electron chi connectivity index (χ1n) is 9.03. The number of hydrogen-bond donors (Lipinski definition) is 0. The van der Waals surface area contributed by atoms with Crippen LogP contribution in [0.15, 0.2) is 48.7 Å². The van der Waals surface area contributed by atoms with Gasteiger partial charge in [0.1, 0.15) is 11.9 Å². The van der Waals surface area contributed by atoms with Crippen LogP contribution in [0.3, 0.4) is 0 Å². The Morgan fingerprint density at radius 3 is 2.39 bits per heavy atom. The van der Waals surface area contributed by atoms with E-state index >= 15 is 0 Å². The molecule has 0 saturated carbocycles. The molecule has 3 rings (SSSR count). The third kappa shape index (κ3) is 5.15. The lowest BCUT2D eigenvalue weighted by molar-refractivity contribution is -0.139. The molecule has 150 valence electrons. The third-order valence-corrected chi connectivity index (χ3v) is 4.51. The normalized spacial score (nSPS) is 16.5. The molecule has 2 heterocycles. The van der Waals surface area contributed by atoms with Crippen LogP contribution in [-0.2, 0) is 11.0 Å². The number of likely N-dealkylation sites (tertiary alicyclic amines) is 1. The number of aromatic nitrogens is 1. The summed E-state index contributed by atoms with van der Waals surface area (Å²) in [5.74, 6) is 0.684. The minimum absolute atomic E-state index is 0.102. The van der Waals surface area contributed by atoms with Gasteiger partial charge >= 0.3 is 6.18 Å². The van der Waals surface area contributed by atoms with Gasteiger partial charge in [-0.15, -0.1) is 0 Å². The first kappa shape index (κ1) is 20.0. The quantitative estimate of drug-likeness (QED) is 0.771. The molecule has 0 aliphatic carbocycles. The Kier molecular flexibility index (Phi) is 6.06. The van der Waals surface area contributed by atoms with E-state index in [4.69, 9.17) is 9.47 Å². The van der Waals surface area contributed by atoms with Crippen LogP contribution < -0.4 is 9.47 Å². The molecule has 1 aromatic heterocycles. The molecule has 0 radical (unpaired) electrons. The smallest absolute Gasteiger partial charge is 0.417 e. The van der Waals surface area contributed by atoms with Crippen LogP contribution in [0.4, 0.5) is 13.2 Å². The fourth-order valence-corrected chi connectivity index (χ4v) is 2.99. The maximum absolute atomic E-state index is 12.6. The van der Waals surface area contributed by atoms with Crippen molar-refractivity contribution in [3.05, 3.63) is 54.2 Å². The molecule has 1 aromatic carbocycles. The Balaban J connectivity index is 1.48. The van der Waals surface area contributed by atoms with Crippen LogP contribution in [0.5, 0.6) is 11.6 Å². The second-order valence-corrected chi connectivity index (χ2v) is 6.60. The number of amides is 1. The van der Waals surface area contributed by atoms with Gasteiger partial charge in [-0.2, -0.15) is 13.2 Å². The van der Waals surface area contributed by atoms with Crippen LogP contribution in [0.1, 0.15) is 25.3 Å². The van der Waals surface area contributed by atoms with E-state index in [1.54, 1.807) is 24.0 Å². The highest BCUT2D eigenvalue weighted by Gasteiger charge is 2.31. The van der Waals surface area contributed by atoms with E-state index in [0.717, 1.165) is 12.3 Å². The van der Waals surface area contributed by atoms with Crippen molar-refractivity contribution in [3.8, 4) is 11.6 Å². The van der Waals surface area contributed by atoms with Crippen molar-refractivity contribution in [1.82, 2.24) is 9.88 Å². The van der Waals surface area contributed by atoms with Crippen molar-refractivity contribution >= 4 is 5.91 Å². The first-order chi connectivity index (χ1) is 13.3. The van der Waals surface area contributed by atoms with Gasteiger partial charge < -0.3 is 14.4 Å². The molecule has 1 amide bonds. The molecule has 5 nitrogen and oxygen atoms in total. The molecule has 1 atom stereocenters. The highest BCUT2D eigenvalue weighted by Crippen LogP contribution is 2.29. The predicted molar refractivity (Wildman–Crippen MR) is 96.0 cm³/mol. The van der Waals surface area contributed by atoms with Crippen LogP contribution in [0.2, 0.25) is 0 Å². The maximum atomic E-state index is 12.6. The molecule has 1 fully saturated rings. The number of halogens is 3. The molecular weight excluding hydrogens is 373 g/mol. The molecule has 0 spiro atoms. The SMILES string of the molecule is C[C@H](Oc1ccccc1)C(=O)N1CCC(Oc2ccc(C(F)(F)F)cn2)CC1. The number of rotatable bonds is 5. The van der Waals surface area contributed by atoms with Gasteiger partial charge in [-0.1, -0.05) is 18.2 Å². The molecule has 1 aliphatic heterocycles. The Labute approximate surface area is 161 Å². The Morgan fingerprint density at radius 1 is 1.14 bits per heavy atom. The minimum Gasteiger partial charge on any atom is -0.481 e. The molecule has 2 aromatic rings. The Morgan fingerprint density at radius 2 is 1.82 bits per heavy atom. The lowest BCUT2D eigenvalue weighted by Gasteiger charge is -2.33. The molecule has 0 N–H and O–H groups in total. The summed E-state index contributed by atoms with van der Waals surface area (Å²) in [6.45, 7) is 2.70. The van der Waals surface area contributed by atoms with E-state index in [-0.39, 0.29) is 17.9 Å². The molecule has 0 bridgehead atoms. The fraction of sp³-hybridized carbons (Fsp3) is 0.400. The van der Waals surface area contributed by atoms with E-state index in [2.05, 4.69) is 4.98 Å². The molecule has 0 unspecified atom stereocenters. The van der Waals surface area contributed by atoms with E-state index in [1.807, 2.05) is 18.2 Å². The fourth-order valence-electron chi connectivity index (χ4n) is 2.99. The summed E-state index contributed by atoms with van der Waals surface area (Å²) in [6, 6.07) is 11.3. The van der Waals surface area contributed by atoms with Crippen molar-refractivity contribution in [2.45, 2.75) is 38.1 Å². The lowest BCUT2D eigenvalue weighted by atomic mass is 10.1. The van der Waals surface area contributed by atoms with Gasteiger partial charge in [0.15, 0.2) is 6.10 Å². The summed E-state index contributed by atoms with van der Waals surface area (Å²) in [4.78, 5) is 18.0. The standard InChI is InChI=1S/C20H21F3N2O3/c1-14(27-16-5-3-2-4-6-16)19(26)25-11-9-17(10-12-25)28-18-8-7-15(13-24-18)20(21,22)23/h2-8,13-14,17H,9-12H2,1H3/t14-/m0/s1. The molecular formula is C20H21F3N2O3. The Hall–Kier alpha value is -2.77. The number of hydrogen-bond acceptors (Lipinski definition) is 4. The maximum Gasteiger partial charge on any atom is 0.417 e. The van der Waals surface area contributed by atoms with Crippen molar-refractivity contribution < 1.29 is 27.4 Å². The second kappa shape index (κ2) is 8.50. The monoisotopic (exact) mass is 394 g/mol. The van der Waals surface area contributed by atoms with Gasteiger partial charge in [0.05, 0.1) is 5.56 Å². The zero-order chi connectivity index (χ0) is 20.1. The topological polar surface area (TPSA) is 51.7 Å². The van der Waals surface area contributed by atoms with Crippen LogP contribution in [0.25, 0.3) is 0 Å². The number of alkyl halides is 3. The van der Waals surface area contributed by atoms with Crippen molar-refractivity contribution in [2.75, 3.05) is 13.1 Å². The molecule has 1 aliphatic rings. The first-order valence-corrected chi connectivity index (χ1v) is 9.03. The number of pyridine rings is 1. The summed E-state index contributed by atoms with van der Waals surface area (Å²) in [6.07, 6.45) is -3.30. The van der Waals surface area contributed by atoms with Crippen molar-refractivity contribution in [1.29, 1.82) is 0 Å². The Bertz CT molecular complexity index is 774. The van der Waals surface area contributed by atoms with Crippen LogP contribution in [-0.4, -0.2) is 41.1 Å². The number of carbonyl (C=O) groups is 1. The summed E-state index contributed by atoms with van der Waals surface area (Å²) in [5, 5.41) is 0. The predicted octanol–water partition coefficient (Wildman–Crippen LogP) is 3.94. The number of carbonyl (C=O) groups excluding carboxylic acids is 1. The van der Waals surface area contributed by atoms with Gasteiger partial charge in [-0.25, -0.2) is 4.98 Å². The van der Waals surface area contributed by atoms with E-state index in [9.17, 15) is 18.0 Å². The van der Waals surface area contributed by atoms with Gasteiger partial charge in [0.25, 0.3) is 5.91 Å². The van der Waals surface area contributed by atoms with Crippen LogP contribution >= 0.6 is 0 Å². The van der Waals surface area contributed by atoms with Crippen molar-refractivity contribution in [2.24, 2.45) is 0 Å². The average molecular weight is 394 g/mol. The summed E-state index contributed by atoms with van der Waals surface area (Å²) in [7, 11) is 0. The molecule has 8 heteroatoms. The number of piperidine rings is 1. The number of benzene rings is 1. The van der Waals surface area contributed by atoms with Gasteiger partial charge in [0, 0.05) is 38.2 Å². The summed E-state index contributed by atoms with van der Waals surface area (Å²) in [5.41, 5.74) is -0.812. The highest BCUT2D eigenvalue weighted by molar-refractivity contribution is 5.81. The lowest BCUT2D eigenvalue weighted by Crippen LogP contribution is -2.46. The zero-order valence-corrected chi connectivity index (χ0v) is 15.4. The summed E-state index contributed by atoms with van der Waals surface area (Å²) >= 11 is 0. The zero-order valence-electron chi connectivity index (χ0n) is 15.4. The highest BCUT2D eigenvalue weighted by atomic mass is 19.4. The van der Waals surface area contributed by atoms with Gasteiger partial charge in [-0.05, 0) is 25.1 Å². The largest absolute Gasteiger partial charge is 0.481 e. The minimum atomic E-state index is -4.42. The second-order valence-electron chi connectivity index (χ2n) is 6.60. The van der Waals surface area contributed by atoms with Crippen molar-refractivity contribution in [3.63, 3.8) is 0 Å². The number of ether oxygens (including phenoxy) is 2. The van der Waals surface area contributed by atoms with E-state index in [0.29, 0.717) is 31.7 Å². The van der Waals surface area contributed by atoms with Crippen LogP contribution in [0, 0.1) is 0 Å². The average Bonchev–Trinajstić information content (AvgIpc) is 2.68. The van der Waals surface area contributed by atoms with E-state index < -0.39 is 17.8 Å². The number of para-hydroxylation sites is 1. The molecule has 28 heavy (non-hydrogen) atoms. The summed E-state index contributed by atoms with van der Waals surface area (Å²) < 4.78 is 49.0. The van der Waals surface area contributed by atoms with Gasteiger partial charge in [0.2, 0.25) is 5.88 Å². The number of nitrogens with zero attached hydrogens (tertiary/aromatic N) is 2. The van der Waals surface area contributed by atoms with Gasteiger partial charge in [-0.3, -0.25) is 4.79 Å². The molecule has 1 saturated heterocycles.